The minimum absolute atomic E-state index is 0.0219. The Labute approximate surface area is 95.2 Å². The van der Waals surface area contributed by atoms with Gasteiger partial charge in [0.05, 0.1) is 33.4 Å². The first kappa shape index (κ1) is 10.4. The summed E-state index contributed by atoms with van der Waals surface area (Å²) < 4.78 is 24.9. The SMILES string of the molecule is O=S1(=O)CC(O)C(n2cc(I)cn2)C1. The van der Waals surface area contributed by atoms with Crippen LogP contribution in [-0.2, 0) is 9.84 Å². The maximum Gasteiger partial charge on any atom is 0.155 e. The lowest BCUT2D eigenvalue weighted by Crippen LogP contribution is -2.22. The normalized spacial score (nSPS) is 30.7. The minimum Gasteiger partial charge on any atom is -0.390 e. The molecular formula is C7H9IN2O3S. The molecule has 5 nitrogen and oxygen atoms in total. The molecule has 1 aliphatic rings. The first-order valence-corrected chi connectivity index (χ1v) is 6.96. The molecule has 1 aromatic rings. The summed E-state index contributed by atoms with van der Waals surface area (Å²) in [5, 5.41) is 13.5. The Hall–Kier alpha value is -0.150. The van der Waals surface area contributed by atoms with Gasteiger partial charge in [-0.3, -0.25) is 4.68 Å². The molecule has 2 unspecified atom stereocenters. The highest BCUT2D eigenvalue weighted by Gasteiger charge is 2.37. The van der Waals surface area contributed by atoms with Crippen molar-refractivity contribution in [2.45, 2.75) is 12.1 Å². The average Bonchev–Trinajstić information content (AvgIpc) is 2.55. The first-order valence-electron chi connectivity index (χ1n) is 4.06. The van der Waals surface area contributed by atoms with Gasteiger partial charge in [-0.15, -0.1) is 0 Å². The molecule has 0 aromatic carbocycles. The summed E-state index contributed by atoms with van der Waals surface area (Å²) in [4.78, 5) is 0. The fourth-order valence-corrected chi connectivity index (χ4v) is 3.74. The maximum absolute atomic E-state index is 11.2. The molecule has 1 aliphatic heterocycles. The lowest BCUT2D eigenvalue weighted by Gasteiger charge is -2.12. The minimum atomic E-state index is -3.10. The van der Waals surface area contributed by atoms with E-state index in [1.165, 1.54) is 4.68 Å². The van der Waals surface area contributed by atoms with E-state index in [2.05, 4.69) is 27.7 Å². The fourth-order valence-electron chi connectivity index (χ4n) is 1.56. The van der Waals surface area contributed by atoms with Crippen LogP contribution in [0.3, 0.4) is 0 Å². The van der Waals surface area contributed by atoms with Crippen LogP contribution < -0.4 is 0 Å². The Morgan fingerprint density at radius 3 is 2.71 bits per heavy atom. The molecule has 7 heteroatoms. The summed E-state index contributed by atoms with van der Waals surface area (Å²) in [5.41, 5.74) is 0. The highest BCUT2D eigenvalue weighted by Crippen LogP contribution is 2.23. The second-order valence-corrected chi connectivity index (χ2v) is 6.75. The molecule has 1 fully saturated rings. The van der Waals surface area contributed by atoms with Crippen molar-refractivity contribution in [2.75, 3.05) is 11.5 Å². The standard InChI is InChI=1S/C7H9IN2O3S/c8-5-1-9-10(2-5)6-3-14(12,13)4-7(6)11/h1-2,6-7,11H,3-4H2. The van der Waals surface area contributed by atoms with Crippen LogP contribution in [0.1, 0.15) is 6.04 Å². The van der Waals surface area contributed by atoms with E-state index in [4.69, 9.17) is 0 Å². The fraction of sp³-hybridized carbons (Fsp3) is 0.571. The van der Waals surface area contributed by atoms with Crippen LogP contribution in [0.15, 0.2) is 12.4 Å². The van der Waals surface area contributed by atoms with E-state index >= 15 is 0 Å². The second-order valence-electron chi connectivity index (χ2n) is 3.35. The summed E-state index contributed by atoms with van der Waals surface area (Å²) in [6, 6.07) is -0.427. The Morgan fingerprint density at radius 2 is 2.29 bits per heavy atom. The summed E-state index contributed by atoms with van der Waals surface area (Å²) in [7, 11) is -3.10. The molecule has 2 atom stereocenters. The summed E-state index contributed by atoms with van der Waals surface area (Å²) in [6.07, 6.45) is 2.53. The van der Waals surface area contributed by atoms with Gasteiger partial charge in [0, 0.05) is 6.20 Å². The number of rotatable bonds is 1. The lowest BCUT2D eigenvalue weighted by atomic mass is 10.2. The molecule has 0 aliphatic carbocycles. The van der Waals surface area contributed by atoms with Gasteiger partial charge >= 0.3 is 0 Å². The van der Waals surface area contributed by atoms with Crippen LogP contribution in [0.4, 0.5) is 0 Å². The molecule has 0 amide bonds. The van der Waals surface area contributed by atoms with E-state index in [-0.39, 0.29) is 11.5 Å². The van der Waals surface area contributed by atoms with Crippen LogP contribution >= 0.6 is 22.6 Å². The third-order valence-electron chi connectivity index (χ3n) is 2.20. The molecule has 0 radical (unpaired) electrons. The quantitative estimate of drug-likeness (QED) is 0.726. The number of hydrogen-bond donors (Lipinski definition) is 1. The molecule has 78 valence electrons. The molecule has 0 saturated carbocycles. The zero-order valence-electron chi connectivity index (χ0n) is 7.17. The predicted molar refractivity (Wildman–Crippen MR) is 58.6 cm³/mol. The van der Waals surface area contributed by atoms with Crippen LogP contribution in [-0.4, -0.2) is 40.9 Å². The van der Waals surface area contributed by atoms with Crippen LogP contribution in [0, 0.1) is 3.57 Å². The van der Waals surface area contributed by atoms with Gasteiger partial charge in [0.15, 0.2) is 9.84 Å². The Morgan fingerprint density at radius 1 is 1.57 bits per heavy atom. The number of hydrogen-bond acceptors (Lipinski definition) is 4. The number of nitrogens with zero attached hydrogens (tertiary/aromatic N) is 2. The van der Waals surface area contributed by atoms with Gasteiger partial charge in [-0.05, 0) is 22.6 Å². The molecular weight excluding hydrogens is 319 g/mol. The van der Waals surface area contributed by atoms with Crippen molar-refractivity contribution >= 4 is 32.4 Å². The third-order valence-corrected chi connectivity index (χ3v) is 4.46. The van der Waals surface area contributed by atoms with Crippen molar-refractivity contribution in [3.63, 3.8) is 0 Å². The summed E-state index contributed by atoms with van der Waals surface area (Å²) in [6.45, 7) is 0. The third kappa shape index (κ3) is 1.94. The van der Waals surface area contributed by atoms with Crippen molar-refractivity contribution < 1.29 is 13.5 Å². The van der Waals surface area contributed by atoms with Gasteiger partial charge in [0.25, 0.3) is 0 Å². The number of halogens is 1. The Balaban J connectivity index is 2.29. The molecule has 1 saturated heterocycles. The second kappa shape index (κ2) is 3.46. The smallest absolute Gasteiger partial charge is 0.155 e. The topological polar surface area (TPSA) is 72.2 Å². The first-order chi connectivity index (χ1) is 6.48. The van der Waals surface area contributed by atoms with Gasteiger partial charge in [0.1, 0.15) is 0 Å². The Kier molecular flexibility index (Phi) is 2.56. The molecule has 14 heavy (non-hydrogen) atoms. The predicted octanol–water partition coefficient (Wildman–Crippen LogP) is -0.182. The molecule has 1 aromatic heterocycles. The van der Waals surface area contributed by atoms with E-state index in [1.54, 1.807) is 12.4 Å². The van der Waals surface area contributed by atoms with E-state index in [9.17, 15) is 13.5 Å². The van der Waals surface area contributed by atoms with Gasteiger partial charge in [-0.1, -0.05) is 0 Å². The van der Waals surface area contributed by atoms with E-state index < -0.39 is 22.0 Å². The van der Waals surface area contributed by atoms with Crippen molar-refractivity contribution in [1.82, 2.24) is 9.78 Å². The molecule has 2 rings (SSSR count). The van der Waals surface area contributed by atoms with Crippen LogP contribution in [0.2, 0.25) is 0 Å². The number of aliphatic hydroxyl groups is 1. The number of sulfone groups is 1. The van der Waals surface area contributed by atoms with E-state index in [1.807, 2.05) is 0 Å². The molecule has 1 N–H and O–H groups in total. The van der Waals surface area contributed by atoms with Crippen LogP contribution in [0.5, 0.6) is 0 Å². The highest BCUT2D eigenvalue weighted by molar-refractivity contribution is 14.1. The summed E-state index contributed by atoms with van der Waals surface area (Å²) in [5.74, 6) is -0.181. The molecule has 0 bridgehead atoms. The van der Waals surface area contributed by atoms with Crippen molar-refractivity contribution in [3.05, 3.63) is 16.0 Å². The summed E-state index contributed by atoms with van der Waals surface area (Å²) >= 11 is 2.09. The largest absolute Gasteiger partial charge is 0.390 e. The Bertz CT molecular complexity index is 442. The number of aromatic nitrogens is 2. The van der Waals surface area contributed by atoms with Gasteiger partial charge in [0.2, 0.25) is 0 Å². The van der Waals surface area contributed by atoms with Crippen LogP contribution in [0.25, 0.3) is 0 Å². The van der Waals surface area contributed by atoms with E-state index in [0.29, 0.717) is 0 Å². The van der Waals surface area contributed by atoms with Crippen molar-refractivity contribution in [3.8, 4) is 0 Å². The van der Waals surface area contributed by atoms with Gasteiger partial charge < -0.3 is 5.11 Å². The highest BCUT2D eigenvalue weighted by atomic mass is 127. The van der Waals surface area contributed by atoms with Crippen molar-refractivity contribution in [2.24, 2.45) is 0 Å². The lowest BCUT2D eigenvalue weighted by molar-refractivity contribution is 0.146. The van der Waals surface area contributed by atoms with Gasteiger partial charge in [-0.25, -0.2) is 8.42 Å². The zero-order valence-corrected chi connectivity index (χ0v) is 10.1. The average molecular weight is 328 g/mol. The maximum atomic E-state index is 11.2. The monoisotopic (exact) mass is 328 g/mol. The zero-order chi connectivity index (χ0) is 10.3. The van der Waals surface area contributed by atoms with E-state index in [0.717, 1.165) is 3.57 Å². The van der Waals surface area contributed by atoms with Gasteiger partial charge in [-0.2, -0.15) is 5.10 Å². The molecule has 0 spiro atoms. The number of aliphatic hydroxyl groups excluding tert-OH is 1. The molecule has 2 heterocycles. The van der Waals surface area contributed by atoms with Crippen molar-refractivity contribution in [1.29, 1.82) is 0 Å².